The van der Waals surface area contributed by atoms with Crippen molar-refractivity contribution in [3.8, 4) is 0 Å². The van der Waals surface area contributed by atoms with Gasteiger partial charge in [-0.2, -0.15) is 5.10 Å². The highest BCUT2D eigenvalue weighted by molar-refractivity contribution is 7.20. The Balaban J connectivity index is 2.25. The molecule has 0 fully saturated rings. The molecular weight excluding hydrogens is 268 g/mol. The number of hydrogen-bond donors (Lipinski definition) is 0. The van der Waals surface area contributed by atoms with Crippen LogP contribution in [0.5, 0.6) is 0 Å². The normalized spacial score (nSPS) is 10.7. The lowest BCUT2D eigenvalue weighted by atomic mass is 10.1. The summed E-state index contributed by atoms with van der Waals surface area (Å²) in [5, 5.41) is 5.12. The van der Waals surface area contributed by atoms with Gasteiger partial charge in [-0.25, -0.2) is 4.79 Å². The van der Waals surface area contributed by atoms with Crippen LogP contribution in [-0.2, 0) is 21.4 Å². The van der Waals surface area contributed by atoms with Crippen molar-refractivity contribution in [2.75, 3.05) is 7.11 Å². The Hall–Kier alpha value is -2.02. The van der Waals surface area contributed by atoms with Crippen LogP contribution in [0.25, 0.3) is 10.2 Å². The first-order valence-corrected chi connectivity index (χ1v) is 6.33. The van der Waals surface area contributed by atoms with E-state index in [0.717, 1.165) is 23.0 Å². The molecule has 0 amide bonds. The average molecular weight is 280 g/mol. The Morgan fingerprint density at radius 1 is 1.42 bits per heavy atom. The number of thiophene rings is 1. The standard InChI is InChI=1S/C12H12N2O4S/c1-6-7-4-10(19-11(7)14(2)13-6)8(15)5-9(16)12(17)18-3/h4H,5H2,1-3H3. The van der Waals surface area contributed by atoms with Crippen LogP contribution in [0.3, 0.4) is 0 Å². The third-order valence-electron chi connectivity index (χ3n) is 2.71. The van der Waals surface area contributed by atoms with Crippen molar-refractivity contribution in [3.05, 3.63) is 16.6 Å². The summed E-state index contributed by atoms with van der Waals surface area (Å²) in [6, 6.07) is 1.70. The Kier molecular flexibility index (Phi) is 3.48. The second-order valence-electron chi connectivity index (χ2n) is 4.05. The average Bonchev–Trinajstić information content (AvgIpc) is 2.91. The molecule has 2 rings (SSSR count). The zero-order chi connectivity index (χ0) is 14.2. The van der Waals surface area contributed by atoms with E-state index in [-0.39, 0.29) is 5.78 Å². The number of fused-ring (bicyclic) bond motifs is 1. The van der Waals surface area contributed by atoms with Gasteiger partial charge in [0.25, 0.3) is 0 Å². The Morgan fingerprint density at radius 2 is 2.11 bits per heavy atom. The summed E-state index contributed by atoms with van der Waals surface area (Å²) < 4.78 is 5.97. The highest BCUT2D eigenvalue weighted by Gasteiger charge is 2.21. The monoisotopic (exact) mass is 280 g/mol. The minimum atomic E-state index is -0.993. The van der Waals surface area contributed by atoms with E-state index in [0.29, 0.717) is 4.88 Å². The number of Topliss-reactive ketones (excluding diaryl/α,β-unsaturated/α-hetero) is 2. The summed E-state index contributed by atoms with van der Waals surface area (Å²) in [6.45, 7) is 1.85. The maximum Gasteiger partial charge on any atom is 0.374 e. The number of ketones is 2. The molecule has 0 aliphatic heterocycles. The molecule has 0 aliphatic rings. The number of aryl methyl sites for hydroxylation is 2. The first kappa shape index (κ1) is 13.4. The second kappa shape index (κ2) is 4.93. The molecule has 2 aromatic rings. The fourth-order valence-electron chi connectivity index (χ4n) is 1.76. The van der Waals surface area contributed by atoms with Gasteiger partial charge in [-0.1, -0.05) is 0 Å². The maximum absolute atomic E-state index is 11.9. The van der Waals surface area contributed by atoms with Crippen molar-refractivity contribution in [2.45, 2.75) is 13.3 Å². The van der Waals surface area contributed by atoms with Crippen molar-refractivity contribution in [1.82, 2.24) is 9.78 Å². The number of methoxy groups -OCH3 is 1. The first-order chi connectivity index (χ1) is 8.93. The fraction of sp³-hybridized carbons (Fsp3) is 0.333. The predicted octanol–water partition coefficient (Wildman–Crippen LogP) is 1.26. The first-order valence-electron chi connectivity index (χ1n) is 5.51. The van der Waals surface area contributed by atoms with Gasteiger partial charge in [0.2, 0.25) is 5.78 Å². The van der Waals surface area contributed by atoms with Gasteiger partial charge in [-0.05, 0) is 13.0 Å². The SMILES string of the molecule is COC(=O)C(=O)CC(=O)c1cc2c(C)nn(C)c2s1. The van der Waals surface area contributed by atoms with Crippen LogP contribution in [-0.4, -0.2) is 34.4 Å². The number of ether oxygens (including phenoxy) is 1. The number of hydrogen-bond acceptors (Lipinski definition) is 6. The summed E-state index contributed by atoms with van der Waals surface area (Å²) in [6.07, 6.45) is -0.466. The van der Waals surface area contributed by atoms with Gasteiger partial charge in [0, 0.05) is 12.4 Å². The molecule has 19 heavy (non-hydrogen) atoms. The third kappa shape index (κ3) is 2.41. The van der Waals surface area contributed by atoms with Crippen LogP contribution < -0.4 is 0 Å². The van der Waals surface area contributed by atoms with Crippen LogP contribution in [0.4, 0.5) is 0 Å². The lowest BCUT2D eigenvalue weighted by Crippen LogP contribution is -2.18. The molecular formula is C12H12N2O4S. The molecule has 0 saturated heterocycles. The van der Waals surface area contributed by atoms with Crippen molar-refractivity contribution in [3.63, 3.8) is 0 Å². The molecule has 0 aliphatic carbocycles. The van der Waals surface area contributed by atoms with Crippen LogP contribution in [0.1, 0.15) is 21.8 Å². The zero-order valence-corrected chi connectivity index (χ0v) is 11.5. The second-order valence-corrected chi connectivity index (χ2v) is 5.08. The van der Waals surface area contributed by atoms with Gasteiger partial charge >= 0.3 is 5.97 Å². The Bertz CT molecular complexity index is 649. The van der Waals surface area contributed by atoms with E-state index in [1.807, 2.05) is 6.92 Å². The maximum atomic E-state index is 11.9. The molecule has 0 atom stereocenters. The molecule has 100 valence electrons. The Labute approximate surface area is 113 Å². The molecule has 0 N–H and O–H groups in total. The molecule has 0 radical (unpaired) electrons. The minimum Gasteiger partial charge on any atom is -0.463 e. The molecule has 7 heteroatoms. The largest absolute Gasteiger partial charge is 0.463 e. The van der Waals surface area contributed by atoms with Gasteiger partial charge in [0.1, 0.15) is 4.83 Å². The van der Waals surface area contributed by atoms with Crippen molar-refractivity contribution in [2.24, 2.45) is 7.05 Å². The molecule has 2 aromatic heterocycles. The molecule has 0 aromatic carbocycles. The molecule has 0 saturated carbocycles. The smallest absolute Gasteiger partial charge is 0.374 e. The van der Waals surface area contributed by atoms with Gasteiger partial charge in [0.05, 0.1) is 24.1 Å². The topological polar surface area (TPSA) is 78.3 Å². The van der Waals surface area contributed by atoms with Gasteiger partial charge < -0.3 is 4.74 Å². The van der Waals surface area contributed by atoms with Crippen LogP contribution >= 0.6 is 11.3 Å². The van der Waals surface area contributed by atoms with E-state index in [1.165, 1.54) is 11.3 Å². The minimum absolute atomic E-state index is 0.379. The van der Waals surface area contributed by atoms with Crippen molar-refractivity contribution >= 4 is 39.1 Å². The number of carbonyl (C=O) groups is 3. The number of carbonyl (C=O) groups excluding carboxylic acids is 3. The number of aromatic nitrogens is 2. The van der Waals surface area contributed by atoms with E-state index >= 15 is 0 Å². The number of nitrogens with zero attached hydrogens (tertiary/aromatic N) is 2. The molecule has 2 heterocycles. The summed E-state index contributed by atoms with van der Waals surface area (Å²) in [7, 11) is 2.90. The van der Waals surface area contributed by atoms with Crippen molar-refractivity contribution < 1.29 is 19.1 Å². The van der Waals surface area contributed by atoms with Crippen LogP contribution in [0.2, 0.25) is 0 Å². The van der Waals surface area contributed by atoms with E-state index < -0.39 is 18.2 Å². The van der Waals surface area contributed by atoms with Gasteiger partial charge in [0.15, 0.2) is 5.78 Å². The summed E-state index contributed by atoms with van der Waals surface area (Å²) in [4.78, 5) is 35.5. The van der Waals surface area contributed by atoms with Gasteiger partial charge in [-0.3, -0.25) is 14.3 Å². The summed E-state index contributed by atoms with van der Waals surface area (Å²) in [5.74, 6) is -2.21. The van der Waals surface area contributed by atoms with Crippen molar-refractivity contribution in [1.29, 1.82) is 0 Å². The summed E-state index contributed by atoms with van der Waals surface area (Å²) in [5.41, 5.74) is 0.826. The van der Waals surface area contributed by atoms with Gasteiger partial charge in [-0.15, -0.1) is 11.3 Å². The fourth-order valence-corrected chi connectivity index (χ4v) is 2.82. The van der Waals surface area contributed by atoms with E-state index in [9.17, 15) is 14.4 Å². The zero-order valence-electron chi connectivity index (χ0n) is 10.7. The quantitative estimate of drug-likeness (QED) is 0.364. The molecule has 0 bridgehead atoms. The third-order valence-corrected chi connectivity index (χ3v) is 3.95. The number of rotatable bonds is 4. The summed E-state index contributed by atoms with van der Waals surface area (Å²) >= 11 is 1.26. The predicted molar refractivity (Wildman–Crippen MR) is 69.3 cm³/mol. The Morgan fingerprint density at radius 3 is 2.68 bits per heavy atom. The molecule has 6 nitrogen and oxygen atoms in total. The van der Waals surface area contributed by atoms with E-state index in [1.54, 1.807) is 17.8 Å². The molecule has 0 spiro atoms. The molecule has 0 unspecified atom stereocenters. The highest BCUT2D eigenvalue weighted by Crippen LogP contribution is 2.28. The highest BCUT2D eigenvalue weighted by atomic mass is 32.1. The van der Waals surface area contributed by atoms with E-state index in [4.69, 9.17) is 0 Å². The number of esters is 1. The van der Waals surface area contributed by atoms with Crippen LogP contribution in [0, 0.1) is 6.92 Å². The van der Waals surface area contributed by atoms with E-state index in [2.05, 4.69) is 9.84 Å². The lowest BCUT2D eigenvalue weighted by molar-refractivity contribution is -0.151. The lowest BCUT2D eigenvalue weighted by Gasteiger charge is -1.96. The van der Waals surface area contributed by atoms with Crippen LogP contribution in [0.15, 0.2) is 6.07 Å².